The first-order chi connectivity index (χ1) is 6.84. The van der Waals surface area contributed by atoms with Gasteiger partial charge in [-0.25, -0.2) is 4.98 Å². The van der Waals surface area contributed by atoms with E-state index in [1.807, 2.05) is 30.5 Å². The van der Waals surface area contributed by atoms with Crippen LogP contribution in [-0.4, -0.2) is 9.97 Å². The van der Waals surface area contributed by atoms with Gasteiger partial charge in [-0.2, -0.15) is 0 Å². The maximum Gasteiger partial charge on any atom is 0.117 e. The molecule has 2 aromatic rings. The van der Waals surface area contributed by atoms with Crippen molar-refractivity contribution in [3.8, 4) is 0 Å². The van der Waals surface area contributed by atoms with Gasteiger partial charge in [0.05, 0.1) is 9.98 Å². The lowest BCUT2D eigenvalue weighted by atomic mass is 10.3. The third-order valence-corrected chi connectivity index (χ3v) is 3.04. The minimum absolute atomic E-state index is 0.987. The maximum absolute atomic E-state index is 4.20. The molecular formula is C10H7BrN2S. The van der Waals surface area contributed by atoms with Crippen LogP contribution < -0.4 is 0 Å². The van der Waals surface area contributed by atoms with E-state index in [1.54, 1.807) is 23.7 Å². The van der Waals surface area contributed by atoms with E-state index in [-0.39, 0.29) is 0 Å². The Morgan fingerprint density at radius 3 is 2.86 bits per heavy atom. The highest BCUT2D eigenvalue weighted by Crippen LogP contribution is 2.20. The lowest BCUT2D eigenvalue weighted by Crippen LogP contribution is -1.73. The molecule has 4 heteroatoms. The molecular weight excluding hydrogens is 260 g/mol. The monoisotopic (exact) mass is 266 g/mol. The molecule has 70 valence electrons. The summed E-state index contributed by atoms with van der Waals surface area (Å²) in [6.07, 6.45) is 9.36. The molecule has 0 N–H and O–H groups in total. The van der Waals surface area contributed by atoms with Gasteiger partial charge in [-0.15, -0.1) is 11.3 Å². The first kappa shape index (κ1) is 9.55. The lowest BCUT2D eigenvalue weighted by molar-refractivity contribution is 1.32. The van der Waals surface area contributed by atoms with Crippen molar-refractivity contribution in [2.24, 2.45) is 0 Å². The number of nitrogens with zero attached hydrogens (tertiary/aromatic N) is 2. The Labute approximate surface area is 94.5 Å². The molecule has 2 rings (SSSR count). The fourth-order valence-electron chi connectivity index (χ4n) is 0.986. The standard InChI is InChI=1S/C10H7BrN2S/c11-9-7-13-10(14-9)4-3-8-2-1-5-12-6-8/h1-7H/b4-3+. The molecule has 0 aromatic carbocycles. The minimum Gasteiger partial charge on any atom is -0.264 e. The van der Waals surface area contributed by atoms with Gasteiger partial charge >= 0.3 is 0 Å². The summed E-state index contributed by atoms with van der Waals surface area (Å²) in [4.78, 5) is 8.22. The summed E-state index contributed by atoms with van der Waals surface area (Å²) in [5, 5.41) is 0.987. The fourth-order valence-corrected chi connectivity index (χ4v) is 2.13. The van der Waals surface area contributed by atoms with E-state index in [0.717, 1.165) is 14.4 Å². The molecule has 0 radical (unpaired) electrons. The quantitative estimate of drug-likeness (QED) is 0.832. The van der Waals surface area contributed by atoms with Crippen LogP contribution in [0.25, 0.3) is 12.2 Å². The average Bonchev–Trinajstić information content (AvgIpc) is 2.63. The Bertz CT molecular complexity index is 436. The predicted molar refractivity (Wildman–Crippen MR) is 63.0 cm³/mol. The Balaban J connectivity index is 2.15. The molecule has 0 amide bonds. The van der Waals surface area contributed by atoms with Gasteiger partial charge in [0.2, 0.25) is 0 Å². The van der Waals surface area contributed by atoms with Crippen LogP contribution in [0.5, 0.6) is 0 Å². The molecule has 2 nitrogen and oxygen atoms in total. The number of thiazole rings is 1. The molecule has 0 aliphatic carbocycles. The first-order valence-corrected chi connectivity index (χ1v) is 5.65. The van der Waals surface area contributed by atoms with Crippen LogP contribution in [-0.2, 0) is 0 Å². The summed E-state index contributed by atoms with van der Waals surface area (Å²) >= 11 is 4.97. The SMILES string of the molecule is Brc1cnc(/C=C/c2cccnc2)s1. The van der Waals surface area contributed by atoms with Gasteiger partial charge in [-0.05, 0) is 33.6 Å². The molecule has 0 aliphatic rings. The topological polar surface area (TPSA) is 25.8 Å². The van der Waals surface area contributed by atoms with E-state index >= 15 is 0 Å². The van der Waals surface area contributed by atoms with Gasteiger partial charge in [0.15, 0.2) is 0 Å². The van der Waals surface area contributed by atoms with Crippen molar-refractivity contribution in [2.45, 2.75) is 0 Å². The molecule has 2 aromatic heterocycles. The van der Waals surface area contributed by atoms with Crippen LogP contribution in [0.2, 0.25) is 0 Å². The van der Waals surface area contributed by atoms with Gasteiger partial charge in [0.1, 0.15) is 5.01 Å². The maximum atomic E-state index is 4.20. The number of aromatic nitrogens is 2. The molecule has 14 heavy (non-hydrogen) atoms. The zero-order valence-corrected chi connectivity index (χ0v) is 9.62. The normalized spacial score (nSPS) is 10.9. The van der Waals surface area contributed by atoms with E-state index in [1.165, 1.54) is 0 Å². The van der Waals surface area contributed by atoms with Crippen molar-refractivity contribution in [2.75, 3.05) is 0 Å². The van der Waals surface area contributed by atoms with E-state index in [4.69, 9.17) is 0 Å². The van der Waals surface area contributed by atoms with Gasteiger partial charge in [0.25, 0.3) is 0 Å². The molecule has 0 saturated heterocycles. The summed E-state index contributed by atoms with van der Waals surface area (Å²) < 4.78 is 1.04. The van der Waals surface area contributed by atoms with Gasteiger partial charge in [0, 0.05) is 12.4 Å². The molecule has 2 heterocycles. The summed E-state index contributed by atoms with van der Waals surface area (Å²) in [5.41, 5.74) is 1.08. The number of pyridine rings is 1. The number of hydrogen-bond donors (Lipinski definition) is 0. The third kappa shape index (κ3) is 2.49. The van der Waals surface area contributed by atoms with Crippen LogP contribution in [0.4, 0.5) is 0 Å². The van der Waals surface area contributed by atoms with E-state index in [0.29, 0.717) is 0 Å². The number of halogens is 1. The lowest BCUT2D eigenvalue weighted by Gasteiger charge is -1.88. The summed E-state index contributed by atoms with van der Waals surface area (Å²) in [6.45, 7) is 0. The van der Waals surface area contributed by atoms with Crippen LogP contribution in [0.1, 0.15) is 10.6 Å². The van der Waals surface area contributed by atoms with E-state index in [2.05, 4.69) is 25.9 Å². The molecule has 0 spiro atoms. The van der Waals surface area contributed by atoms with Crippen molar-refractivity contribution in [1.29, 1.82) is 0 Å². The minimum atomic E-state index is 0.987. The van der Waals surface area contributed by atoms with Gasteiger partial charge in [-0.3, -0.25) is 4.98 Å². The largest absolute Gasteiger partial charge is 0.264 e. The summed E-state index contributed by atoms with van der Waals surface area (Å²) in [6, 6.07) is 3.92. The average molecular weight is 267 g/mol. The van der Waals surface area contributed by atoms with Crippen molar-refractivity contribution in [3.63, 3.8) is 0 Å². The van der Waals surface area contributed by atoms with Crippen molar-refractivity contribution >= 4 is 39.4 Å². The van der Waals surface area contributed by atoms with Crippen LogP contribution in [0.15, 0.2) is 34.5 Å². The zero-order chi connectivity index (χ0) is 9.80. The highest BCUT2D eigenvalue weighted by molar-refractivity contribution is 9.11. The molecule has 0 saturated carbocycles. The second-order valence-corrected chi connectivity index (χ2v) is 5.06. The molecule has 0 fully saturated rings. The Morgan fingerprint density at radius 2 is 2.21 bits per heavy atom. The highest BCUT2D eigenvalue weighted by Gasteiger charge is 1.93. The van der Waals surface area contributed by atoms with Gasteiger partial charge in [-0.1, -0.05) is 12.1 Å². The van der Waals surface area contributed by atoms with Crippen molar-refractivity contribution < 1.29 is 0 Å². The second-order valence-electron chi connectivity index (χ2n) is 2.62. The smallest absolute Gasteiger partial charge is 0.117 e. The number of rotatable bonds is 2. The number of hydrogen-bond acceptors (Lipinski definition) is 3. The molecule has 0 unspecified atom stereocenters. The van der Waals surface area contributed by atoms with E-state index < -0.39 is 0 Å². The van der Waals surface area contributed by atoms with Crippen LogP contribution >= 0.6 is 27.3 Å². The Hall–Kier alpha value is -1.00. The second kappa shape index (κ2) is 4.48. The molecule has 0 bridgehead atoms. The Kier molecular flexibility index (Phi) is 3.06. The summed E-state index contributed by atoms with van der Waals surface area (Å²) in [7, 11) is 0. The summed E-state index contributed by atoms with van der Waals surface area (Å²) in [5.74, 6) is 0. The highest BCUT2D eigenvalue weighted by atomic mass is 79.9. The zero-order valence-electron chi connectivity index (χ0n) is 7.22. The van der Waals surface area contributed by atoms with Crippen LogP contribution in [0.3, 0.4) is 0 Å². The Morgan fingerprint density at radius 1 is 1.29 bits per heavy atom. The van der Waals surface area contributed by atoms with Crippen LogP contribution in [0, 0.1) is 0 Å². The van der Waals surface area contributed by atoms with Crippen molar-refractivity contribution in [3.05, 3.63) is 45.1 Å². The first-order valence-electron chi connectivity index (χ1n) is 4.04. The fraction of sp³-hybridized carbons (Fsp3) is 0. The van der Waals surface area contributed by atoms with Crippen molar-refractivity contribution in [1.82, 2.24) is 9.97 Å². The van der Waals surface area contributed by atoms with Gasteiger partial charge < -0.3 is 0 Å². The predicted octanol–water partition coefficient (Wildman–Crippen LogP) is 3.47. The third-order valence-electron chi connectivity index (χ3n) is 1.60. The van der Waals surface area contributed by atoms with E-state index in [9.17, 15) is 0 Å². The molecule has 0 atom stereocenters. The molecule has 0 aliphatic heterocycles.